The van der Waals surface area contributed by atoms with Crippen LogP contribution in [0.5, 0.6) is 0 Å². The number of rotatable bonds is 18. The van der Waals surface area contributed by atoms with Crippen LogP contribution in [0.1, 0.15) is 47.5 Å². The summed E-state index contributed by atoms with van der Waals surface area (Å²) in [5, 5.41) is 6.03. The molecule has 0 fully saturated rings. The van der Waals surface area contributed by atoms with Crippen LogP contribution >= 0.6 is 0 Å². The molecule has 0 aliphatic rings. The molecule has 0 aromatic heterocycles. The van der Waals surface area contributed by atoms with E-state index in [4.69, 9.17) is 18.9 Å². The number of nitrogens with one attached hydrogen (secondary N) is 2. The molecular weight excluding hydrogens is 336 g/mol. The Labute approximate surface area is 160 Å². The van der Waals surface area contributed by atoms with Crippen molar-refractivity contribution in [2.75, 3.05) is 65.9 Å². The zero-order valence-corrected chi connectivity index (χ0v) is 17.6. The highest BCUT2D eigenvalue weighted by atomic mass is 16.5. The first-order valence-corrected chi connectivity index (χ1v) is 9.99. The summed E-state index contributed by atoms with van der Waals surface area (Å²) in [6.07, 6.45) is 1.88. The van der Waals surface area contributed by atoms with Crippen LogP contribution in [0.4, 0.5) is 0 Å². The molecule has 0 heterocycles. The number of carbonyl (C=O) groups is 1. The van der Waals surface area contributed by atoms with Gasteiger partial charge in [-0.3, -0.25) is 4.79 Å². The van der Waals surface area contributed by atoms with E-state index in [1.54, 1.807) is 0 Å². The molecule has 0 unspecified atom stereocenters. The Morgan fingerprint density at radius 3 is 1.85 bits per heavy atom. The lowest BCUT2D eigenvalue weighted by molar-refractivity contribution is -0.127. The predicted octanol–water partition coefficient (Wildman–Crippen LogP) is 1.99. The first kappa shape index (κ1) is 27.5. The van der Waals surface area contributed by atoms with Crippen LogP contribution in [0.15, 0.2) is 0 Å². The Morgan fingerprint density at radius 1 is 0.846 bits per heavy atom. The Hall–Kier alpha value is -0.730. The van der Waals surface area contributed by atoms with Crippen molar-refractivity contribution in [1.29, 1.82) is 0 Å². The molecule has 0 saturated carbocycles. The van der Waals surface area contributed by atoms with Crippen molar-refractivity contribution in [2.24, 2.45) is 0 Å². The van der Waals surface area contributed by atoms with Gasteiger partial charge in [-0.1, -0.05) is 20.8 Å². The van der Waals surface area contributed by atoms with Gasteiger partial charge in [0.15, 0.2) is 0 Å². The van der Waals surface area contributed by atoms with Crippen molar-refractivity contribution in [2.45, 2.75) is 53.6 Å². The molecule has 0 atom stereocenters. The van der Waals surface area contributed by atoms with Crippen molar-refractivity contribution in [3.8, 4) is 0 Å². The Bertz CT molecular complexity index is 279. The van der Waals surface area contributed by atoms with Crippen LogP contribution in [-0.2, 0) is 23.7 Å². The van der Waals surface area contributed by atoms with E-state index in [9.17, 15) is 4.79 Å². The molecule has 0 aliphatic carbocycles. The lowest BCUT2D eigenvalue weighted by Gasteiger charge is -2.09. The van der Waals surface area contributed by atoms with Crippen LogP contribution in [-0.4, -0.2) is 77.9 Å². The van der Waals surface area contributed by atoms with E-state index in [0.717, 1.165) is 32.5 Å². The van der Waals surface area contributed by atoms with E-state index >= 15 is 0 Å². The van der Waals surface area contributed by atoms with Gasteiger partial charge in [0.25, 0.3) is 0 Å². The Balaban J connectivity index is 0. The molecule has 158 valence electrons. The lowest BCUT2D eigenvalue weighted by Crippen LogP contribution is -2.30. The van der Waals surface area contributed by atoms with Gasteiger partial charge in [-0.15, -0.1) is 0 Å². The molecule has 0 bridgehead atoms. The van der Waals surface area contributed by atoms with Crippen LogP contribution in [0, 0.1) is 0 Å². The lowest BCUT2D eigenvalue weighted by atomic mass is 10.4. The highest BCUT2D eigenvalue weighted by molar-refractivity contribution is 5.77. The molecule has 7 heteroatoms. The van der Waals surface area contributed by atoms with Crippen LogP contribution in [0.25, 0.3) is 0 Å². The van der Waals surface area contributed by atoms with Gasteiger partial charge < -0.3 is 29.6 Å². The summed E-state index contributed by atoms with van der Waals surface area (Å²) in [6, 6.07) is 0. The minimum atomic E-state index is -0.0856. The van der Waals surface area contributed by atoms with Gasteiger partial charge in [-0.05, 0) is 39.8 Å². The number of ether oxygens (including phenoxy) is 4. The summed E-state index contributed by atoms with van der Waals surface area (Å²) < 4.78 is 21.5. The molecule has 0 rings (SSSR count). The van der Waals surface area contributed by atoms with Crippen molar-refractivity contribution in [3.05, 3.63) is 0 Å². The van der Waals surface area contributed by atoms with Crippen molar-refractivity contribution in [3.63, 3.8) is 0 Å². The Kier molecular flexibility index (Phi) is 25.7. The van der Waals surface area contributed by atoms with E-state index in [1.165, 1.54) is 0 Å². The van der Waals surface area contributed by atoms with E-state index in [-0.39, 0.29) is 18.6 Å². The largest absolute Gasteiger partial charge is 0.379 e. The molecule has 0 saturated heterocycles. The zero-order valence-electron chi connectivity index (χ0n) is 17.6. The third-order valence-corrected chi connectivity index (χ3v) is 2.97. The molecule has 0 aliphatic heterocycles. The van der Waals surface area contributed by atoms with Crippen molar-refractivity contribution >= 4 is 5.91 Å². The van der Waals surface area contributed by atoms with Gasteiger partial charge in [0.2, 0.25) is 5.91 Å². The van der Waals surface area contributed by atoms with E-state index in [1.807, 2.05) is 27.7 Å². The monoisotopic (exact) mass is 378 g/mol. The average molecular weight is 379 g/mol. The highest BCUT2D eigenvalue weighted by Gasteiger charge is 2.02. The predicted molar refractivity (Wildman–Crippen MR) is 106 cm³/mol. The minimum Gasteiger partial charge on any atom is -0.379 e. The molecular formula is C19H42N2O5. The van der Waals surface area contributed by atoms with Gasteiger partial charge in [-0.2, -0.15) is 0 Å². The third kappa shape index (κ3) is 25.5. The molecule has 0 spiro atoms. The van der Waals surface area contributed by atoms with Crippen molar-refractivity contribution in [1.82, 2.24) is 10.6 Å². The first-order valence-electron chi connectivity index (χ1n) is 9.99. The first-order chi connectivity index (χ1) is 12.7. The summed E-state index contributed by atoms with van der Waals surface area (Å²) in [6.45, 7) is 16.3. The highest BCUT2D eigenvalue weighted by Crippen LogP contribution is 1.88. The maximum absolute atomic E-state index is 11.4. The van der Waals surface area contributed by atoms with Crippen LogP contribution < -0.4 is 10.6 Å². The van der Waals surface area contributed by atoms with Gasteiger partial charge in [0.1, 0.15) is 6.61 Å². The molecule has 7 nitrogen and oxygen atoms in total. The fourth-order valence-electron chi connectivity index (χ4n) is 1.71. The van der Waals surface area contributed by atoms with E-state index < -0.39 is 0 Å². The van der Waals surface area contributed by atoms with Gasteiger partial charge >= 0.3 is 0 Å². The van der Waals surface area contributed by atoms with Crippen LogP contribution in [0.3, 0.4) is 0 Å². The maximum Gasteiger partial charge on any atom is 0.246 e. The average Bonchev–Trinajstić information content (AvgIpc) is 2.64. The quantitative estimate of drug-likeness (QED) is 0.355. The second-order valence-corrected chi connectivity index (χ2v) is 5.61. The van der Waals surface area contributed by atoms with E-state index in [2.05, 4.69) is 17.6 Å². The molecule has 2 N–H and O–H groups in total. The summed E-state index contributed by atoms with van der Waals surface area (Å²) in [5.74, 6) is -0.0856. The second kappa shape index (κ2) is 24.3. The number of hydrogen-bond acceptors (Lipinski definition) is 6. The van der Waals surface area contributed by atoms with Gasteiger partial charge in [0.05, 0.1) is 32.5 Å². The zero-order chi connectivity index (χ0) is 19.9. The summed E-state index contributed by atoms with van der Waals surface area (Å²) in [4.78, 5) is 11.4. The standard InChI is InChI=1S/C17H36N2O5.C2H6/c1-4-18-7-5-9-21-11-13-23-14-12-22-10-6-8-19-17(20)15-24-16(2)3;1-2/h16,18H,4-15H2,1-3H3,(H,19,20);1-2H3. The molecule has 1 amide bonds. The molecule has 0 radical (unpaired) electrons. The summed E-state index contributed by atoms with van der Waals surface area (Å²) in [7, 11) is 0. The fourth-order valence-corrected chi connectivity index (χ4v) is 1.71. The number of hydrogen-bond donors (Lipinski definition) is 2. The normalized spacial score (nSPS) is 10.5. The minimum absolute atomic E-state index is 0.0718. The SMILES string of the molecule is CC.CCNCCCOCCOCCOCCCNC(=O)COC(C)C. The van der Waals surface area contributed by atoms with Crippen molar-refractivity contribution < 1.29 is 23.7 Å². The number of carbonyl (C=O) groups excluding carboxylic acids is 1. The fraction of sp³-hybridized carbons (Fsp3) is 0.947. The smallest absolute Gasteiger partial charge is 0.246 e. The van der Waals surface area contributed by atoms with Gasteiger partial charge in [0, 0.05) is 19.8 Å². The maximum atomic E-state index is 11.4. The summed E-state index contributed by atoms with van der Waals surface area (Å²) in [5.41, 5.74) is 0. The van der Waals surface area contributed by atoms with E-state index in [0.29, 0.717) is 39.6 Å². The Morgan fingerprint density at radius 2 is 1.35 bits per heavy atom. The summed E-state index contributed by atoms with van der Waals surface area (Å²) >= 11 is 0. The van der Waals surface area contributed by atoms with Crippen LogP contribution in [0.2, 0.25) is 0 Å². The molecule has 26 heavy (non-hydrogen) atoms. The third-order valence-electron chi connectivity index (χ3n) is 2.97. The topological polar surface area (TPSA) is 78.0 Å². The molecule has 0 aromatic rings. The molecule has 0 aromatic carbocycles. The second-order valence-electron chi connectivity index (χ2n) is 5.61. The number of amides is 1. The van der Waals surface area contributed by atoms with Gasteiger partial charge in [-0.25, -0.2) is 0 Å².